The summed E-state index contributed by atoms with van der Waals surface area (Å²) in [5, 5.41) is 10.4. The molecule has 0 spiro atoms. The molecule has 0 saturated heterocycles. The number of aldehydes is 1. The minimum absolute atomic E-state index is 0.235. The van der Waals surface area contributed by atoms with Crippen molar-refractivity contribution in [1.29, 1.82) is 0 Å². The number of ether oxygens (including phenoxy) is 1. The van der Waals surface area contributed by atoms with E-state index in [0.29, 0.717) is 17.5 Å². The number of amides is 1. The van der Waals surface area contributed by atoms with E-state index in [1.54, 1.807) is 12.1 Å². The van der Waals surface area contributed by atoms with Crippen molar-refractivity contribution in [2.45, 2.75) is 33.2 Å². The zero-order valence-electron chi connectivity index (χ0n) is 17.9. The van der Waals surface area contributed by atoms with Gasteiger partial charge in [-0.2, -0.15) is 0 Å². The van der Waals surface area contributed by atoms with Gasteiger partial charge in [0.2, 0.25) is 0 Å². The first-order valence-corrected chi connectivity index (χ1v) is 9.75. The first-order valence-electron chi connectivity index (χ1n) is 9.75. The molecule has 1 unspecified atom stereocenters. The quantitative estimate of drug-likeness (QED) is 0.465. The van der Waals surface area contributed by atoms with Crippen LogP contribution in [0.4, 0.5) is 0 Å². The predicted octanol–water partition coefficient (Wildman–Crippen LogP) is 2.52. The Hall–Kier alpha value is -3.81. The fourth-order valence-electron chi connectivity index (χ4n) is 3.58. The van der Waals surface area contributed by atoms with E-state index in [-0.39, 0.29) is 18.0 Å². The number of nitrogens with one attached hydrogen (secondary N) is 1. The third-order valence-corrected chi connectivity index (χ3v) is 4.97. The maximum atomic E-state index is 12.9. The number of carbonyl (C=O) groups is 3. The Morgan fingerprint density at radius 3 is 2.32 bits per heavy atom. The molecular weight excluding hydrogens is 396 g/mol. The minimum Gasteiger partial charge on any atom is -0.467 e. The Morgan fingerprint density at radius 1 is 1.13 bits per heavy atom. The van der Waals surface area contributed by atoms with Gasteiger partial charge in [0.1, 0.15) is 11.7 Å². The molecule has 1 atom stereocenters. The average molecular weight is 420 g/mol. The molecule has 8 nitrogen and oxygen atoms in total. The molecule has 31 heavy (non-hydrogen) atoms. The van der Waals surface area contributed by atoms with Crippen LogP contribution in [0.15, 0.2) is 42.6 Å². The highest BCUT2D eigenvalue weighted by Gasteiger charge is 2.24. The van der Waals surface area contributed by atoms with E-state index in [1.165, 1.54) is 18.0 Å². The number of nitrogens with zero attached hydrogens (tertiary/aromatic N) is 3. The average Bonchev–Trinajstić information content (AvgIpc) is 3.21. The second-order valence-corrected chi connectivity index (χ2v) is 7.40. The Bertz CT molecular complexity index is 1100. The number of esters is 1. The molecule has 0 aliphatic carbocycles. The first-order chi connectivity index (χ1) is 14.8. The lowest BCUT2D eigenvalue weighted by Gasteiger charge is -2.19. The van der Waals surface area contributed by atoms with Gasteiger partial charge < -0.3 is 10.1 Å². The molecule has 2 aromatic carbocycles. The third kappa shape index (κ3) is 5.03. The Labute approximate surface area is 180 Å². The summed E-state index contributed by atoms with van der Waals surface area (Å²) in [4.78, 5) is 36.0. The van der Waals surface area contributed by atoms with Gasteiger partial charge in [0, 0.05) is 12.0 Å². The lowest BCUT2D eigenvalue weighted by molar-refractivity contribution is -0.142. The minimum atomic E-state index is -0.837. The molecule has 0 radical (unpaired) electrons. The molecule has 0 aliphatic heterocycles. The number of hydrogen-bond donors (Lipinski definition) is 1. The fourth-order valence-corrected chi connectivity index (χ4v) is 3.58. The smallest absolute Gasteiger partial charge is 0.328 e. The molecule has 0 bridgehead atoms. The summed E-state index contributed by atoms with van der Waals surface area (Å²) >= 11 is 0. The van der Waals surface area contributed by atoms with Gasteiger partial charge in [0.15, 0.2) is 6.29 Å². The number of methoxy groups -OCH3 is 1. The zero-order valence-corrected chi connectivity index (χ0v) is 17.9. The summed E-state index contributed by atoms with van der Waals surface area (Å²) in [6.45, 7) is 5.73. The van der Waals surface area contributed by atoms with Gasteiger partial charge in [0.25, 0.3) is 5.91 Å². The van der Waals surface area contributed by atoms with Crippen molar-refractivity contribution in [3.05, 3.63) is 76.1 Å². The van der Waals surface area contributed by atoms with Crippen LogP contribution in [0.1, 0.15) is 43.1 Å². The second kappa shape index (κ2) is 9.34. The summed E-state index contributed by atoms with van der Waals surface area (Å²) in [7, 11) is 1.29. The summed E-state index contributed by atoms with van der Waals surface area (Å²) in [5.74, 6) is -0.835. The summed E-state index contributed by atoms with van der Waals surface area (Å²) in [5.41, 5.74) is 5.12. The van der Waals surface area contributed by atoms with Gasteiger partial charge in [-0.1, -0.05) is 35.0 Å². The lowest BCUT2D eigenvalue weighted by Crippen LogP contribution is -2.43. The van der Waals surface area contributed by atoms with Gasteiger partial charge in [-0.05, 0) is 49.6 Å². The first kappa shape index (κ1) is 21.9. The molecule has 3 aromatic rings. The number of benzene rings is 2. The molecule has 8 heteroatoms. The SMILES string of the molecule is COC(=O)C(Cc1ccc(-n2cc(C=O)nn2)cc1)NC(=O)c1c(C)cc(C)cc1C. The van der Waals surface area contributed by atoms with E-state index in [0.717, 1.165) is 22.3 Å². The van der Waals surface area contributed by atoms with Crippen LogP contribution in [0.25, 0.3) is 5.69 Å². The number of rotatable bonds is 7. The van der Waals surface area contributed by atoms with Crippen molar-refractivity contribution in [3.63, 3.8) is 0 Å². The van der Waals surface area contributed by atoms with Crippen molar-refractivity contribution in [2.24, 2.45) is 0 Å². The fraction of sp³-hybridized carbons (Fsp3) is 0.261. The highest BCUT2D eigenvalue weighted by atomic mass is 16.5. The molecule has 3 rings (SSSR count). The molecule has 160 valence electrons. The predicted molar refractivity (Wildman–Crippen MR) is 114 cm³/mol. The van der Waals surface area contributed by atoms with Crippen LogP contribution in [0, 0.1) is 20.8 Å². The number of aryl methyl sites for hydroxylation is 3. The molecule has 0 fully saturated rings. The van der Waals surface area contributed by atoms with E-state index in [9.17, 15) is 14.4 Å². The second-order valence-electron chi connectivity index (χ2n) is 7.40. The van der Waals surface area contributed by atoms with Crippen molar-refractivity contribution < 1.29 is 19.1 Å². The van der Waals surface area contributed by atoms with Gasteiger partial charge in [0.05, 0.1) is 19.0 Å². The standard InChI is InChI=1S/C23H24N4O4/c1-14-9-15(2)21(16(3)10-14)22(29)24-20(23(30)31-4)11-17-5-7-19(8-6-17)27-12-18(13-28)25-26-27/h5-10,12-13,20H,11H2,1-4H3,(H,24,29). The van der Waals surface area contributed by atoms with E-state index in [1.807, 2.05) is 45.0 Å². The van der Waals surface area contributed by atoms with Crippen LogP contribution in [0.2, 0.25) is 0 Å². The van der Waals surface area contributed by atoms with Crippen molar-refractivity contribution in [2.75, 3.05) is 7.11 Å². The van der Waals surface area contributed by atoms with Gasteiger partial charge >= 0.3 is 5.97 Å². The van der Waals surface area contributed by atoms with Crippen LogP contribution in [-0.2, 0) is 16.0 Å². The molecule has 1 amide bonds. The molecule has 1 aromatic heterocycles. The number of hydrogen-bond acceptors (Lipinski definition) is 6. The highest BCUT2D eigenvalue weighted by molar-refractivity contribution is 5.99. The van der Waals surface area contributed by atoms with Gasteiger partial charge in [-0.25, -0.2) is 9.48 Å². The highest BCUT2D eigenvalue weighted by Crippen LogP contribution is 2.17. The van der Waals surface area contributed by atoms with E-state index in [4.69, 9.17) is 4.74 Å². The number of carbonyl (C=O) groups excluding carboxylic acids is 3. The molecule has 0 saturated carbocycles. The molecule has 1 heterocycles. The van der Waals surface area contributed by atoms with Crippen LogP contribution in [-0.4, -0.2) is 46.3 Å². The summed E-state index contributed by atoms with van der Waals surface area (Å²) in [6, 6.07) is 10.3. The molecule has 0 aliphatic rings. The van der Waals surface area contributed by atoms with Crippen molar-refractivity contribution in [3.8, 4) is 5.69 Å². The van der Waals surface area contributed by atoms with Crippen molar-refractivity contribution >= 4 is 18.2 Å². The van der Waals surface area contributed by atoms with E-state index in [2.05, 4.69) is 15.6 Å². The van der Waals surface area contributed by atoms with Crippen LogP contribution >= 0.6 is 0 Å². The summed E-state index contributed by atoms with van der Waals surface area (Å²) in [6.07, 6.45) is 2.41. The monoisotopic (exact) mass is 420 g/mol. The van der Waals surface area contributed by atoms with Gasteiger partial charge in [-0.3, -0.25) is 9.59 Å². The van der Waals surface area contributed by atoms with Crippen molar-refractivity contribution in [1.82, 2.24) is 20.3 Å². The van der Waals surface area contributed by atoms with Crippen LogP contribution < -0.4 is 5.32 Å². The zero-order chi connectivity index (χ0) is 22.5. The normalized spacial score (nSPS) is 11.6. The number of aromatic nitrogens is 3. The largest absolute Gasteiger partial charge is 0.467 e. The Balaban J connectivity index is 1.78. The van der Waals surface area contributed by atoms with Crippen LogP contribution in [0.3, 0.4) is 0 Å². The Kier molecular flexibility index (Phi) is 6.59. The van der Waals surface area contributed by atoms with Gasteiger partial charge in [-0.15, -0.1) is 5.10 Å². The van der Waals surface area contributed by atoms with E-state index < -0.39 is 12.0 Å². The van der Waals surface area contributed by atoms with Crippen LogP contribution in [0.5, 0.6) is 0 Å². The summed E-state index contributed by atoms with van der Waals surface area (Å²) < 4.78 is 6.38. The lowest BCUT2D eigenvalue weighted by atomic mass is 9.98. The molecule has 1 N–H and O–H groups in total. The third-order valence-electron chi connectivity index (χ3n) is 4.97. The molecular formula is C23H24N4O4. The topological polar surface area (TPSA) is 103 Å². The van der Waals surface area contributed by atoms with E-state index >= 15 is 0 Å². The maximum absolute atomic E-state index is 12.9. The Morgan fingerprint density at radius 2 is 1.77 bits per heavy atom. The maximum Gasteiger partial charge on any atom is 0.328 e.